The predicted octanol–water partition coefficient (Wildman–Crippen LogP) is 2.35. The second-order valence-electron chi connectivity index (χ2n) is 6.01. The maximum atomic E-state index is 6.10. The van der Waals surface area contributed by atoms with Crippen LogP contribution in [0.25, 0.3) is 0 Å². The Morgan fingerprint density at radius 1 is 1.29 bits per heavy atom. The number of benzene rings is 1. The van der Waals surface area contributed by atoms with E-state index in [2.05, 4.69) is 35.3 Å². The zero-order valence-corrected chi connectivity index (χ0v) is 12.9. The van der Waals surface area contributed by atoms with Crippen molar-refractivity contribution in [3.8, 4) is 5.75 Å². The molecule has 1 atom stereocenters. The molecular formula is C17H26N2O2. The van der Waals surface area contributed by atoms with Crippen molar-refractivity contribution in [1.82, 2.24) is 5.32 Å². The van der Waals surface area contributed by atoms with Gasteiger partial charge in [-0.1, -0.05) is 6.07 Å². The lowest BCUT2D eigenvalue weighted by atomic mass is 10.1. The highest BCUT2D eigenvalue weighted by atomic mass is 16.5. The lowest BCUT2D eigenvalue weighted by Crippen LogP contribution is -2.43. The SMILES string of the molecule is Cc1ccc(OCC2CCCCO2)c(N2CCNCC2)c1. The van der Waals surface area contributed by atoms with Crippen LogP contribution < -0.4 is 15.0 Å². The zero-order valence-electron chi connectivity index (χ0n) is 12.9. The number of piperazine rings is 1. The van der Waals surface area contributed by atoms with Gasteiger partial charge in [-0.3, -0.25) is 0 Å². The van der Waals surface area contributed by atoms with Crippen LogP contribution >= 0.6 is 0 Å². The molecule has 3 rings (SSSR count). The van der Waals surface area contributed by atoms with Crippen LogP contribution in [0.1, 0.15) is 24.8 Å². The summed E-state index contributed by atoms with van der Waals surface area (Å²) in [6.45, 7) is 7.85. The number of anilines is 1. The van der Waals surface area contributed by atoms with E-state index in [1.165, 1.54) is 24.1 Å². The number of hydrogen-bond acceptors (Lipinski definition) is 4. The summed E-state index contributed by atoms with van der Waals surface area (Å²) in [6.07, 6.45) is 3.82. The molecular weight excluding hydrogens is 264 g/mol. The molecule has 0 aliphatic carbocycles. The molecule has 2 fully saturated rings. The van der Waals surface area contributed by atoms with E-state index in [1.54, 1.807) is 0 Å². The molecule has 2 saturated heterocycles. The lowest BCUT2D eigenvalue weighted by Gasteiger charge is -2.31. The van der Waals surface area contributed by atoms with Crippen molar-refractivity contribution < 1.29 is 9.47 Å². The van der Waals surface area contributed by atoms with Crippen LogP contribution in [0.2, 0.25) is 0 Å². The maximum Gasteiger partial charge on any atom is 0.142 e. The summed E-state index contributed by atoms with van der Waals surface area (Å²) in [6, 6.07) is 6.47. The third kappa shape index (κ3) is 3.89. The summed E-state index contributed by atoms with van der Waals surface area (Å²) in [5.74, 6) is 0.997. The summed E-state index contributed by atoms with van der Waals surface area (Å²) >= 11 is 0. The van der Waals surface area contributed by atoms with Crippen LogP contribution in [-0.4, -0.2) is 45.5 Å². The molecule has 0 spiro atoms. The fraction of sp³-hybridized carbons (Fsp3) is 0.647. The molecule has 0 saturated carbocycles. The van der Waals surface area contributed by atoms with Gasteiger partial charge in [0.2, 0.25) is 0 Å². The van der Waals surface area contributed by atoms with Crippen LogP contribution in [0.15, 0.2) is 18.2 Å². The molecule has 21 heavy (non-hydrogen) atoms. The minimum Gasteiger partial charge on any atom is -0.489 e. The number of nitrogens with one attached hydrogen (secondary N) is 1. The number of aryl methyl sites for hydroxylation is 1. The summed E-state index contributed by atoms with van der Waals surface area (Å²) < 4.78 is 11.9. The van der Waals surface area contributed by atoms with Crippen LogP contribution in [0.4, 0.5) is 5.69 Å². The maximum absolute atomic E-state index is 6.10. The smallest absolute Gasteiger partial charge is 0.142 e. The Hall–Kier alpha value is -1.26. The Bertz CT molecular complexity index is 452. The van der Waals surface area contributed by atoms with Gasteiger partial charge in [0.05, 0.1) is 11.8 Å². The monoisotopic (exact) mass is 290 g/mol. The third-order valence-corrected chi connectivity index (χ3v) is 4.27. The first-order valence-corrected chi connectivity index (χ1v) is 8.13. The van der Waals surface area contributed by atoms with Crippen LogP contribution in [0.3, 0.4) is 0 Å². The highest BCUT2D eigenvalue weighted by Crippen LogP contribution is 2.30. The van der Waals surface area contributed by atoms with Crippen LogP contribution in [-0.2, 0) is 4.74 Å². The van der Waals surface area contributed by atoms with E-state index in [9.17, 15) is 0 Å². The highest BCUT2D eigenvalue weighted by Gasteiger charge is 2.18. The van der Waals surface area contributed by atoms with E-state index in [0.717, 1.165) is 45.0 Å². The van der Waals surface area contributed by atoms with E-state index in [1.807, 2.05) is 0 Å². The zero-order chi connectivity index (χ0) is 14.5. The van der Waals surface area contributed by atoms with Gasteiger partial charge in [0.15, 0.2) is 0 Å². The minimum atomic E-state index is 0.260. The van der Waals surface area contributed by atoms with Crippen molar-refractivity contribution in [1.29, 1.82) is 0 Å². The average Bonchev–Trinajstić information content (AvgIpc) is 2.55. The van der Waals surface area contributed by atoms with Gasteiger partial charge in [-0.2, -0.15) is 0 Å². The Morgan fingerprint density at radius 2 is 2.14 bits per heavy atom. The number of nitrogens with zero attached hydrogens (tertiary/aromatic N) is 1. The van der Waals surface area contributed by atoms with E-state index in [-0.39, 0.29) is 6.10 Å². The molecule has 4 heteroatoms. The van der Waals surface area contributed by atoms with Gasteiger partial charge in [0.25, 0.3) is 0 Å². The van der Waals surface area contributed by atoms with Crippen LogP contribution in [0, 0.1) is 6.92 Å². The molecule has 2 aliphatic heterocycles. The van der Waals surface area contributed by atoms with E-state index >= 15 is 0 Å². The Kier molecular flexibility index (Phi) is 4.99. The predicted molar refractivity (Wildman–Crippen MR) is 85.3 cm³/mol. The molecule has 1 aromatic carbocycles. The summed E-state index contributed by atoms with van der Waals surface area (Å²) in [5, 5.41) is 3.40. The van der Waals surface area contributed by atoms with E-state index in [0.29, 0.717) is 6.61 Å². The first-order chi connectivity index (χ1) is 10.3. The quantitative estimate of drug-likeness (QED) is 0.923. The number of rotatable bonds is 4. The largest absolute Gasteiger partial charge is 0.489 e. The molecule has 1 aromatic rings. The van der Waals surface area contributed by atoms with Crippen molar-refractivity contribution >= 4 is 5.69 Å². The summed E-state index contributed by atoms with van der Waals surface area (Å²) in [7, 11) is 0. The molecule has 1 N–H and O–H groups in total. The second-order valence-corrected chi connectivity index (χ2v) is 6.01. The van der Waals surface area contributed by atoms with Gasteiger partial charge in [-0.05, 0) is 43.9 Å². The highest BCUT2D eigenvalue weighted by molar-refractivity contribution is 5.60. The first kappa shape index (κ1) is 14.7. The Balaban J connectivity index is 1.68. The van der Waals surface area contributed by atoms with Crippen molar-refractivity contribution in [2.24, 2.45) is 0 Å². The third-order valence-electron chi connectivity index (χ3n) is 4.27. The lowest BCUT2D eigenvalue weighted by molar-refractivity contribution is -0.0109. The normalized spacial score (nSPS) is 23.1. The van der Waals surface area contributed by atoms with Crippen molar-refractivity contribution in [3.63, 3.8) is 0 Å². The van der Waals surface area contributed by atoms with Crippen molar-refractivity contribution in [3.05, 3.63) is 23.8 Å². The Morgan fingerprint density at radius 3 is 2.90 bits per heavy atom. The summed E-state index contributed by atoms with van der Waals surface area (Å²) in [5.41, 5.74) is 2.51. The van der Waals surface area contributed by atoms with Gasteiger partial charge in [-0.15, -0.1) is 0 Å². The molecule has 1 unspecified atom stereocenters. The van der Waals surface area contributed by atoms with Crippen molar-refractivity contribution in [2.75, 3.05) is 44.3 Å². The molecule has 0 radical (unpaired) electrons. The Labute approximate surface area is 127 Å². The fourth-order valence-corrected chi connectivity index (χ4v) is 3.02. The number of hydrogen-bond donors (Lipinski definition) is 1. The standard InChI is InChI=1S/C17H26N2O2/c1-14-5-6-17(21-13-15-4-2-3-11-20-15)16(12-14)19-9-7-18-8-10-19/h5-6,12,15,18H,2-4,7-11,13H2,1H3. The van der Waals surface area contributed by atoms with Crippen molar-refractivity contribution in [2.45, 2.75) is 32.3 Å². The number of ether oxygens (including phenoxy) is 2. The minimum absolute atomic E-state index is 0.260. The molecule has 0 bridgehead atoms. The second kappa shape index (κ2) is 7.14. The van der Waals surface area contributed by atoms with Crippen LogP contribution in [0.5, 0.6) is 5.75 Å². The topological polar surface area (TPSA) is 33.7 Å². The molecule has 4 nitrogen and oxygen atoms in total. The van der Waals surface area contributed by atoms with E-state index in [4.69, 9.17) is 9.47 Å². The molecule has 2 heterocycles. The molecule has 2 aliphatic rings. The molecule has 0 aromatic heterocycles. The van der Waals surface area contributed by atoms with Gasteiger partial charge in [0.1, 0.15) is 12.4 Å². The van der Waals surface area contributed by atoms with Gasteiger partial charge in [-0.25, -0.2) is 0 Å². The average molecular weight is 290 g/mol. The van der Waals surface area contributed by atoms with Gasteiger partial charge >= 0.3 is 0 Å². The fourth-order valence-electron chi connectivity index (χ4n) is 3.02. The molecule has 0 amide bonds. The van der Waals surface area contributed by atoms with E-state index < -0.39 is 0 Å². The summed E-state index contributed by atoms with van der Waals surface area (Å²) in [4.78, 5) is 2.42. The van der Waals surface area contributed by atoms with Gasteiger partial charge in [0, 0.05) is 32.8 Å². The van der Waals surface area contributed by atoms with Gasteiger partial charge < -0.3 is 19.7 Å². The first-order valence-electron chi connectivity index (χ1n) is 8.13. The molecule has 116 valence electrons.